The van der Waals surface area contributed by atoms with Crippen LogP contribution in [0.1, 0.15) is 25.3 Å². The Kier molecular flexibility index (Phi) is 4.41. The highest BCUT2D eigenvalue weighted by atomic mass is 15.2. The number of terminal acetylenes is 1. The lowest BCUT2D eigenvalue weighted by Gasteiger charge is -2.42. The molecule has 1 aromatic carbocycles. The van der Waals surface area contributed by atoms with Crippen LogP contribution in [-0.4, -0.2) is 31.1 Å². The third kappa shape index (κ3) is 3.13. The summed E-state index contributed by atoms with van der Waals surface area (Å²) < 4.78 is 0. The Morgan fingerprint density at radius 1 is 1.39 bits per heavy atom. The Labute approximate surface area is 110 Å². The summed E-state index contributed by atoms with van der Waals surface area (Å²) in [4.78, 5) is 2.51. The van der Waals surface area contributed by atoms with Gasteiger partial charge in [-0.1, -0.05) is 30.3 Å². The molecule has 0 saturated carbocycles. The first-order chi connectivity index (χ1) is 8.74. The summed E-state index contributed by atoms with van der Waals surface area (Å²) in [6.07, 6.45) is 7.29. The molecule has 0 bridgehead atoms. The van der Waals surface area contributed by atoms with Gasteiger partial charge in [-0.3, -0.25) is 4.90 Å². The molecule has 1 saturated heterocycles. The monoisotopic (exact) mass is 242 g/mol. The molecule has 1 heterocycles. The van der Waals surface area contributed by atoms with E-state index < -0.39 is 0 Å². The van der Waals surface area contributed by atoms with Gasteiger partial charge in [-0.2, -0.15) is 0 Å². The summed E-state index contributed by atoms with van der Waals surface area (Å²) in [6, 6.07) is 10.7. The maximum atomic E-state index is 5.31. The van der Waals surface area contributed by atoms with E-state index in [1.54, 1.807) is 0 Å². The van der Waals surface area contributed by atoms with Crippen LogP contribution in [0.2, 0.25) is 0 Å². The first kappa shape index (κ1) is 13.1. The van der Waals surface area contributed by atoms with Gasteiger partial charge in [-0.25, -0.2) is 0 Å². The number of benzene rings is 1. The Balaban J connectivity index is 1.99. The first-order valence-corrected chi connectivity index (χ1v) is 6.71. The second-order valence-electron chi connectivity index (χ2n) is 5.21. The Morgan fingerprint density at radius 3 is 2.89 bits per heavy atom. The molecule has 2 rings (SSSR count). The average molecular weight is 242 g/mol. The standard InChI is InChI=1S/C16H22N2/c1-3-4-8-12-18-13-11-17-16(2,14-18)15-9-6-5-7-10-15/h1,5-7,9-10,17H,4,8,11-14H2,2H3. The predicted octanol–water partition coefficient (Wildman–Crippen LogP) is 2.22. The van der Waals surface area contributed by atoms with Gasteiger partial charge in [0.25, 0.3) is 0 Å². The van der Waals surface area contributed by atoms with Gasteiger partial charge in [-0.15, -0.1) is 12.3 Å². The van der Waals surface area contributed by atoms with Crippen molar-refractivity contribution in [3.63, 3.8) is 0 Å². The van der Waals surface area contributed by atoms with Gasteiger partial charge in [0.2, 0.25) is 0 Å². The maximum absolute atomic E-state index is 5.31. The van der Waals surface area contributed by atoms with Crippen LogP contribution in [0.15, 0.2) is 30.3 Å². The van der Waals surface area contributed by atoms with Crippen molar-refractivity contribution in [2.45, 2.75) is 25.3 Å². The number of hydrogen-bond acceptors (Lipinski definition) is 2. The van der Waals surface area contributed by atoms with Crippen molar-refractivity contribution in [3.8, 4) is 12.3 Å². The lowest BCUT2D eigenvalue weighted by molar-refractivity contribution is 0.142. The normalized spacial score (nSPS) is 24.7. The third-order valence-corrected chi connectivity index (χ3v) is 3.69. The van der Waals surface area contributed by atoms with Crippen LogP contribution in [-0.2, 0) is 5.54 Å². The van der Waals surface area contributed by atoms with Gasteiger partial charge in [-0.05, 0) is 25.5 Å². The number of hydrogen-bond donors (Lipinski definition) is 1. The van der Waals surface area contributed by atoms with Gasteiger partial charge in [0.05, 0.1) is 5.54 Å². The lowest BCUT2D eigenvalue weighted by Crippen LogP contribution is -2.56. The van der Waals surface area contributed by atoms with E-state index >= 15 is 0 Å². The highest BCUT2D eigenvalue weighted by molar-refractivity contribution is 5.24. The van der Waals surface area contributed by atoms with E-state index in [0.29, 0.717) is 0 Å². The Morgan fingerprint density at radius 2 is 2.17 bits per heavy atom. The van der Waals surface area contributed by atoms with Crippen molar-refractivity contribution in [3.05, 3.63) is 35.9 Å². The Bertz CT molecular complexity index is 407. The summed E-state index contributed by atoms with van der Waals surface area (Å²) in [6.45, 7) is 6.61. The molecule has 1 unspecified atom stereocenters. The minimum Gasteiger partial charge on any atom is -0.305 e. The molecule has 0 spiro atoms. The fraction of sp³-hybridized carbons (Fsp3) is 0.500. The second-order valence-corrected chi connectivity index (χ2v) is 5.21. The summed E-state index contributed by atoms with van der Waals surface area (Å²) in [5.74, 6) is 2.72. The molecule has 0 aliphatic carbocycles. The molecule has 18 heavy (non-hydrogen) atoms. The summed E-state index contributed by atoms with van der Waals surface area (Å²) in [7, 11) is 0. The zero-order chi connectivity index (χ0) is 12.8. The fourth-order valence-corrected chi connectivity index (χ4v) is 2.67. The molecule has 2 heteroatoms. The van der Waals surface area contributed by atoms with E-state index in [4.69, 9.17) is 6.42 Å². The highest BCUT2D eigenvalue weighted by Gasteiger charge is 2.31. The topological polar surface area (TPSA) is 15.3 Å². The zero-order valence-electron chi connectivity index (χ0n) is 11.2. The van der Waals surface area contributed by atoms with Crippen LogP contribution in [0.3, 0.4) is 0 Å². The number of nitrogens with one attached hydrogen (secondary N) is 1. The molecule has 1 aromatic rings. The minimum atomic E-state index is 0.0651. The van der Waals surface area contributed by atoms with Gasteiger partial charge in [0.15, 0.2) is 0 Å². The number of rotatable bonds is 4. The Hall–Kier alpha value is -1.30. The van der Waals surface area contributed by atoms with Crippen molar-refractivity contribution in [2.24, 2.45) is 0 Å². The van der Waals surface area contributed by atoms with Crippen LogP contribution in [0, 0.1) is 12.3 Å². The van der Waals surface area contributed by atoms with Crippen LogP contribution in [0.25, 0.3) is 0 Å². The first-order valence-electron chi connectivity index (χ1n) is 6.71. The minimum absolute atomic E-state index is 0.0651. The molecule has 1 N–H and O–H groups in total. The zero-order valence-corrected chi connectivity index (χ0v) is 11.2. The van der Waals surface area contributed by atoms with E-state index in [-0.39, 0.29) is 5.54 Å². The van der Waals surface area contributed by atoms with Gasteiger partial charge in [0.1, 0.15) is 0 Å². The van der Waals surface area contributed by atoms with E-state index in [1.165, 1.54) is 5.56 Å². The van der Waals surface area contributed by atoms with Crippen molar-refractivity contribution >= 4 is 0 Å². The van der Waals surface area contributed by atoms with Crippen molar-refractivity contribution < 1.29 is 0 Å². The number of nitrogens with zero attached hydrogens (tertiary/aromatic N) is 1. The quantitative estimate of drug-likeness (QED) is 0.643. The van der Waals surface area contributed by atoms with E-state index in [0.717, 1.165) is 39.0 Å². The van der Waals surface area contributed by atoms with Crippen LogP contribution in [0.5, 0.6) is 0 Å². The highest BCUT2D eigenvalue weighted by Crippen LogP contribution is 2.24. The van der Waals surface area contributed by atoms with Crippen molar-refractivity contribution in [1.29, 1.82) is 0 Å². The molecule has 2 nitrogen and oxygen atoms in total. The van der Waals surface area contributed by atoms with Gasteiger partial charge in [0, 0.05) is 26.1 Å². The average Bonchev–Trinajstić information content (AvgIpc) is 2.40. The summed E-state index contributed by atoms with van der Waals surface area (Å²) >= 11 is 0. The molecule has 96 valence electrons. The molecule has 1 aliphatic rings. The van der Waals surface area contributed by atoms with Gasteiger partial charge >= 0.3 is 0 Å². The largest absolute Gasteiger partial charge is 0.305 e. The second kappa shape index (κ2) is 6.04. The SMILES string of the molecule is C#CCCCN1CCNC(C)(c2ccccc2)C1. The number of unbranched alkanes of at least 4 members (excludes halogenated alkanes) is 1. The molecule has 1 fully saturated rings. The van der Waals surface area contributed by atoms with Crippen LogP contribution < -0.4 is 5.32 Å². The molecule has 1 atom stereocenters. The maximum Gasteiger partial charge on any atom is 0.0535 e. The van der Waals surface area contributed by atoms with Crippen molar-refractivity contribution in [1.82, 2.24) is 10.2 Å². The fourth-order valence-electron chi connectivity index (χ4n) is 2.67. The molecular weight excluding hydrogens is 220 g/mol. The molecule has 0 radical (unpaired) electrons. The van der Waals surface area contributed by atoms with Crippen molar-refractivity contribution in [2.75, 3.05) is 26.2 Å². The van der Waals surface area contributed by atoms with E-state index in [9.17, 15) is 0 Å². The van der Waals surface area contributed by atoms with E-state index in [2.05, 4.69) is 53.4 Å². The summed E-state index contributed by atoms with van der Waals surface area (Å²) in [5, 5.41) is 3.65. The lowest BCUT2D eigenvalue weighted by atomic mass is 9.89. The van der Waals surface area contributed by atoms with Crippen LogP contribution >= 0.6 is 0 Å². The predicted molar refractivity (Wildman–Crippen MR) is 76.3 cm³/mol. The molecule has 1 aliphatic heterocycles. The number of piperazine rings is 1. The third-order valence-electron chi connectivity index (χ3n) is 3.69. The smallest absolute Gasteiger partial charge is 0.0535 e. The molecular formula is C16H22N2. The molecule has 0 aromatic heterocycles. The molecule has 0 amide bonds. The van der Waals surface area contributed by atoms with E-state index in [1.807, 2.05) is 0 Å². The van der Waals surface area contributed by atoms with Gasteiger partial charge < -0.3 is 5.32 Å². The van der Waals surface area contributed by atoms with Crippen LogP contribution in [0.4, 0.5) is 0 Å². The summed E-state index contributed by atoms with van der Waals surface area (Å²) in [5.41, 5.74) is 1.43.